The van der Waals surface area contributed by atoms with E-state index in [1.54, 1.807) is 0 Å². The van der Waals surface area contributed by atoms with E-state index in [4.69, 9.17) is 9.97 Å². The Morgan fingerprint density at radius 2 is 1.12 bits per heavy atom. The van der Waals surface area contributed by atoms with Crippen molar-refractivity contribution in [2.45, 2.75) is 0 Å². The van der Waals surface area contributed by atoms with Gasteiger partial charge in [0.05, 0.1) is 22.4 Å². The maximum atomic E-state index is 5.19. The van der Waals surface area contributed by atoms with Crippen molar-refractivity contribution in [1.29, 1.82) is 0 Å². The van der Waals surface area contributed by atoms with Crippen molar-refractivity contribution in [2.24, 2.45) is 0 Å². The largest absolute Gasteiger partial charge is 0.246 e. The topological polar surface area (TPSA) is 25.8 Å². The smallest absolute Gasteiger partial charge is 0.0894 e. The zero-order valence-corrected chi connectivity index (χ0v) is 22.7. The average Bonchev–Trinajstić information content (AvgIpc) is 3.35. The van der Waals surface area contributed by atoms with Gasteiger partial charge in [0.15, 0.2) is 0 Å². The van der Waals surface area contributed by atoms with Crippen LogP contribution in [0, 0.1) is 0 Å². The maximum absolute atomic E-state index is 5.19. The number of fused-ring (bicyclic) bond motifs is 2. The Kier molecular flexibility index (Phi) is 4.10. The lowest BCUT2D eigenvalue weighted by molar-refractivity contribution is 1.34. The van der Waals surface area contributed by atoms with Gasteiger partial charge in [0.25, 0.3) is 0 Å². The molecule has 0 saturated carbocycles. The first-order valence-electron chi connectivity index (χ1n) is 13.9. The van der Waals surface area contributed by atoms with E-state index < -0.39 is 0 Å². The second kappa shape index (κ2) is 7.75. The van der Waals surface area contributed by atoms with Gasteiger partial charge in [-0.2, -0.15) is 0 Å². The summed E-state index contributed by atoms with van der Waals surface area (Å²) >= 11 is 1.89. The van der Waals surface area contributed by atoms with Crippen molar-refractivity contribution in [3.63, 3.8) is 0 Å². The molecule has 9 aromatic rings. The fraction of sp³-hybridized carbons (Fsp3) is 0. The quantitative estimate of drug-likeness (QED) is 0.205. The number of aromatic nitrogens is 2. The molecule has 0 fully saturated rings. The van der Waals surface area contributed by atoms with Crippen LogP contribution >= 0.6 is 11.3 Å². The Labute approximate surface area is 239 Å². The number of pyridine rings is 2. The summed E-state index contributed by atoms with van der Waals surface area (Å²) in [7, 11) is 0. The second-order valence-electron chi connectivity index (χ2n) is 10.9. The fourth-order valence-electron chi connectivity index (χ4n) is 6.99. The molecule has 0 aliphatic heterocycles. The van der Waals surface area contributed by atoms with Gasteiger partial charge >= 0.3 is 0 Å². The van der Waals surface area contributed by atoms with E-state index in [-0.39, 0.29) is 0 Å². The van der Waals surface area contributed by atoms with E-state index in [1.165, 1.54) is 69.2 Å². The molecule has 10 rings (SSSR count). The van der Waals surface area contributed by atoms with Gasteiger partial charge in [-0.05, 0) is 74.5 Å². The third-order valence-electron chi connectivity index (χ3n) is 8.76. The van der Waals surface area contributed by atoms with E-state index in [0.717, 1.165) is 28.0 Å². The van der Waals surface area contributed by atoms with Crippen molar-refractivity contribution in [1.82, 2.24) is 9.97 Å². The molecule has 3 heteroatoms. The van der Waals surface area contributed by atoms with Gasteiger partial charge in [0, 0.05) is 36.7 Å². The summed E-state index contributed by atoms with van der Waals surface area (Å²) in [6.45, 7) is 0. The highest BCUT2D eigenvalue weighted by molar-refractivity contribution is 7.26. The minimum Gasteiger partial charge on any atom is -0.246 e. The van der Waals surface area contributed by atoms with Crippen LogP contribution < -0.4 is 0 Å². The summed E-state index contributed by atoms with van der Waals surface area (Å²) in [6.07, 6.45) is 0. The maximum Gasteiger partial charge on any atom is 0.0894 e. The fourth-order valence-corrected chi connectivity index (χ4v) is 8.17. The first-order chi connectivity index (χ1) is 20.3. The molecule has 3 aromatic heterocycles. The summed E-state index contributed by atoms with van der Waals surface area (Å²) in [5, 5.41) is 10.6. The predicted octanol–water partition coefficient (Wildman–Crippen LogP) is 10.8. The van der Waals surface area contributed by atoms with Crippen LogP contribution in [-0.2, 0) is 0 Å². The van der Waals surface area contributed by atoms with Crippen LogP contribution in [0.3, 0.4) is 0 Å². The van der Waals surface area contributed by atoms with Gasteiger partial charge in [-0.25, -0.2) is 9.97 Å². The molecule has 0 saturated heterocycles. The summed E-state index contributed by atoms with van der Waals surface area (Å²) in [6, 6.07) is 43.8. The molecule has 188 valence electrons. The first-order valence-corrected chi connectivity index (χ1v) is 14.7. The molecule has 0 atom stereocenters. The zero-order valence-electron chi connectivity index (χ0n) is 21.8. The van der Waals surface area contributed by atoms with Crippen molar-refractivity contribution in [3.8, 4) is 33.6 Å². The minimum absolute atomic E-state index is 0.908. The molecule has 0 spiro atoms. The third-order valence-corrected chi connectivity index (χ3v) is 9.86. The van der Waals surface area contributed by atoms with Crippen LogP contribution in [-0.4, -0.2) is 9.97 Å². The first kappa shape index (κ1) is 21.7. The Bertz CT molecular complexity index is 2580. The number of nitrogens with zero attached hydrogens (tertiary/aromatic N) is 2. The average molecular weight is 537 g/mol. The van der Waals surface area contributed by atoms with Crippen LogP contribution in [0.1, 0.15) is 0 Å². The van der Waals surface area contributed by atoms with Gasteiger partial charge in [-0.1, -0.05) is 84.9 Å². The lowest BCUT2D eigenvalue weighted by Gasteiger charge is -2.14. The van der Waals surface area contributed by atoms with Crippen LogP contribution in [0.15, 0.2) is 121 Å². The van der Waals surface area contributed by atoms with E-state index in [2.05, 4.69) is 103 Å². The third kappa shape index (κ3) is 2.86. The van der Waals surface area contributed by atoms with E-state index in [1.807, 2.05) is 29.5 Å². The normalized spacial score (nSPS) is 12.4. The van der Waals surface area contributed by atoms with Crippen LogP contribution in [0.2, 0.25) is 0 Å². The van der Waals surface area contributed by atoms with Gasteiger partial charge in [0.1, 0.15) is 0 Å². The summed E-state index contributed by atoms with van der Waals surface area (Å²) in [4.78, 5) is 10.1. The van der Waals surface area contributed by atoms with E-state index >= 15 is 0 Å². The molecule has 41 heavy (non-hydrogen) atoms. The standard InChI is InChI=1S/C38H20N2S/c1-2-6-21(7-3-1)28-16-18-31-30(39-28)19-17-29(40-31)27-20-33-38-36-25(10-5-11-32(36)41-33)24-9-4-8-22-12-13-23-14-15-26(27)37(38)35(23)34(22)24/h1-20H. The SMILES string of the molecule is c1ccc(-c2ccc3nc(-c4cc5sc6cccc7c6c5c5c4ccc4ccc6cccc-7c6c45)ccc3n2)cc1. The Balaban J connectivity index is 1.33. The number of rotatable bonds is 2. The summed E-state index contributed by atoms with van der Waals surface area (Å²) < 4.78 is 2.65. The van der Waals surface area contributed by atoms with E-state index in [0.29, 0.717) is 0 Å². The number of hydrogen-bond donors (Lipinski definition) is 0. The molecular formula is C38H20N2S. The molecule has 0 amide bonds. The summed E-state index contributed by atoms with van der Waals surface area (Å²) in [5.74, 6) is 0. The Morgan fingerprint density at radius 1 is 0.415 bits per heavy atom. The van der Waals surface area contributed by atoms with Gasteiger partial charge in [0.2, 0.25) is 0 Å². The highest BCUT2D eigenvalue weighted by atomic mass is 32.1. The molecular weight excluding hydrogens is 516 g/mol. The Morgan fingerprint density at radius 3 is 1.98 bits per heavy atom. The molecule has 3 heterocycles. The van der Waals surface area contributed by atoms with Crippen molar-refractivity contribution in [3.05, 3.63) is 121 Å². The number of hydrogen-bond acceptors (Lipinski definition) is 3. The highest BCUT2D eigenvalue weighted by Gasteiger charge is 2.23. The monoisotopic (exact) mass is 536 g/mol. The van der Waals surface area contributed by atoms with Crippen molar-refractivity contribution < 1.29 is 0 Å². The highest BCUT2D eigenvalue weighted by Crippen LogP contribution is 2.52. The molecule has 0 unspecified atom stereocenters. The van der Waals surface area contributed by atoms with Crippen LogP contribution in [0.4, 0.5) is 0 Å². The van der Waals surface area contributed by atoms with Crippen LogP contribution in [0.25, 0.3) is 97.2 Å². The molecule has 1 aliphatic rings. The lowest BCUT2D eigenvalue weighted by Crippen LogP contribution is -1.91. The Hall–Kier alpha value is -5.12. The zero-order chi connectivity index (χ0) is 26.7. The number of benzene rings is 6. The van der Waals surface area contributed by atoms with Gasteiger partial charge in [-0.15, -0.1) is 11.3 Å². The van der Waals surface area contributed by atoms with Gasteiger partial charge in [-0.3, -0.25) is 0 Å². The molecule has 0 bridgehead atoms. The van der Waals surface area contributed by atoms with Crippen molar-refractivity contribution >= 4 is 74.9 Å². The predicted molar refractivity (Wildman–Crippen MR) is 175 cm³/mol. The molecule has 1 aliphatic carbocycles. The summed E-state index contributed by atoms with van der Waals surface area (Å²) in [5.41, 5.74) is 8.71. The minimum atomic E-state index is 0.908. The molecule has 6 aromatic carbocycles. The molecule has 2 nitrogen and oxygen atoms in total. The lowest BCUT2D eigenvalue weighted by atomic mass is 9.91. The molecule has 0 N–H and O–H groups in total. The van der Waals surface area contributed by atoms with E-state index in [9.17, 15) is 0 Å². The van der Waals surface area contributed by atoms with Crippen molar-refractivity contribution in [2.75, 3.05) is 0 Å². The van der Waals surface area contributed by atoms with Gasteiger partial charge < -0.3 is 0 Å². The molecule has 0 radical (unpaired) electrons. The second-order valence-corrected chi connectivity index (χ2v) is 12.0. The van der Waals surface area contributed by atoms with Crippen LogP contribution in [0.5, 0.6) is 0 Å². The number of thiophene rings is 1.